The molecule has 17 heavy (non-hydrogen) atoms. The lowest BCUT2D eigenvalue weighted by molar-refractivity contribution is -0.384. The van der Waals surface area contributed by atoms with Gasteiger partial charge in [0, 0.05) is 23.1 Å². The Kier molecular flexibility index (Phi) is 3.57. The van der Waals surface area contributed by atoms with E-state index >= 15 is 0 Å². The van der Waals surface area contributed by atoms with Crippen LogP contribution in [0, 0.1) is 17.0 Å². The van der Waals surface area contributed by atoms with Crippen LogP contribution in [0.25, 0.3) is 0 Å². The summed E-state index contributed by atoms with van der Waals surface area (Å²) in [6, 6.07) is 5.67. The van der Waals surface area contributed by atoms with Crippen LogP contribution < -0.4 is 5.32 Å². The van der Waals surface area contributed by atoms with Gasteiger partial charge in [-0.1, -0.05) is 13.0 Å². The first-order valence-electron chi connectivity index (χ1n) is 5.69. The number of nitrogens with zero attached hydrogens (tertiary/aromatic N) is 1. The molecule has 0 amide bonds. The summed E-state index contributed by atoms with van der Waals surface area (Å²) in [6.45, 7) is 4.06. The fourth-order valence-electron chi connectivity index (χ4n) is 2.05. The van der Waals surface area contributed by atoms with Crippen molar-refractivity contribution < 1.29 is 4.92 Å². The molecule has 2 unspecified atom stereocenters. The van der Waals surface area contributed by atoms with Crippen LogP contribution in [-0.4, -0.2) is 22.0 Å². The molecular formula is C12H16N2O2S. The van der Waals surface area contributed by atoms with Crippen molar-refractivity contribution in [1.82, 2.24) is 0 Å². The molecule has 0 aromatic heterocycles. The Labute approximate surface area is 105 Å². The van der Waals surface area contributed by atoms with E-state index in [2.05, 4.69) is 12.2 Å². The first-order chi connectivity index (χ1) is 8.06. The average Bonchev–Trinajstić information content (AvgIpc) is 2.66. The van der Waals surface area contributed by atoms with Gasteiger partial charge in [0.1, 0.15) is 5.69 Å². The summed E-state index contributed by atoms with van der Waals surface area (Å²) in [5.41, 5.74) is 1.73. The van der Waals surface area contributed by atoms with Crippen molar-refractivity contribution in [2.24, 2.45) is 0 Å². The van der Waals surface area contributed by atoms with Gasteiger partial charge in [-0.05, 0) is 25.0 Å². The van der Waals surface area contributed by atoms with Crippen LogP contribution in [-0.2, 0) is 0 Å². The number of aryl methyl sites for hydroxylation is 1. The highest BCUT2D eigenvalue weighted by Gasteiger charge is 2.24. The van der Waals surface area contributed by atoms with Crippen molar-refractivity contribution in [2.75, 3.05) is 11.1 Å². The zero-order chi connectivity index (χ0) is 12.4. The summed E-state index contributed by atoms with van der Waals surface area (Å²) < 4.78 is 0. The lowest BCUT2D eigenvalue weighted by atomic mass is 10.1. The summed E-state index contributed by atoms with van der Waals surface area (Å²) in [7, 11) is 0. The smallest absolute Gasteiger partial charge is 0.292 e. The Morgan fingerprint density at radius 3 is 2.88 bits per heavy atom. The van der Waals surface area contributed by atoms with Crippen LogP contribution >= 0.6 is 11.8 Å². The van der Waals surface area contributed by atoms with Crippen molar-refractivity contribution in [3.8, 4) is 0 Å². The van der Waals surface area contributed by atoms with E-state index in [1.807, 2.05) is 24.8 Å². The van der Waals surface area contributed by atoms with E-state index in [4.69, 9.17) is 0 Å². The molecule has 2 rings (SSSR count). The van der Waals surface area contributed by atoms with Gasteiger partial charge in [-0.25, -0.2) is 0 Å². The molecule has 1 N–H and O–H groups in total. The molecular weight excluding hydrogens is 236 g/mol. The maximum absolute atomic E-state index is 11.0. The number of rotatable bonds is 3. The Hall–Kier alpha value is -1.23. The Balaban J connectivity index is 2.17. The molecule has 0 saturated carbocycles. The SMILES string of the molecule is Cc1ccc(NC2CSC(C)C2)c([N+](=O)[O-])c1. The molecule has 1 aromatic rings. The van der Waals surface area contributed by atoms with E-state index in [1.54, 1.807) is 12.1 Å². The van der Waals surface area contributed by atoms with Crippen LogP contribution in [0.15, 0.2) is 18.2 Å². The molecule has 0 spiro atoms. The molecule has 1 heterocycles. The second-order valence-electron chi connectivity index (χ2n) is 4.50. The highest BCUT2D eigenvalue weighted by Crippen LogP contribution is 2.31. The average molecular weight is 252 g/mol. The molecule has 92 valence electrons. The van der Waals surface area contributed by atoms with E-state index in [0.29, 0.717) is 17.0 Å². The third kappa shape index (κ3) is 2.91. The summed E-state index contributed by atoms with van der Waals surface area (Å²) in [5, 5.41) is 14.9. The van der Waals surface area contributed by atoms with E-state index in [1.165, 1.54) is 0 Å². The predicted octanol–water partition coefficient (Wildman–Crippen LogP) is 3.21. The lowest BCUT2D eigenvalue weighted by Gasteiger charge is -2.13. The normalized spacial score (nSPS) is 23.6. The monoisotopic (exact) mass is 252 g/mol. The molecule has 1 aliphatic rings. The van der Waals surface area contributed by atoms with Gasteiger partial charge in [0.25, 0.3) is 5.69 Å². The van der Waals surface area contributed by atoms with Gasteiger partial charge < -0.3 is 5.32 Å². The molecule has 0 bridgehead atoms. The van der Waals surface area contributed by atoms with Gasteiger partial charge in [0.2, 0.25) is 0 Å². The standard InChI is InChI=1S/C12H16N2O2S/c1-8-3-4-11(12(5-8)14(15)16)13-10-6-9(2)17-7-10/h3-5,9-10,13H,6-7H2,1-2H3. The Bertz CT molecular complexity index is 437. The van der Waals surface area contributed by atoms with Crippen LogP contribution in [0.3, 0.4) is 0 Å². The van der Waals surface area contributed by atoms with Crippen molar-refractivity contribution in [1.29, 1.82) is 0 Å². The molecule has 1 aromatic carbocycles. The third-order valence-electron chi connectivity index (χ3n) is 2.91. The molecule has 1 fully saturated rings. The van der Waals surface area contributed by atoms with Gasteiger partial charge in [-0.2, -0.15) is 11.8 Å². The topological polar surface area (TPSA) is 55.2 Å². The minimum atomic E-state index is -0.319. The zero-order valence-electron chi connectivity index (χ0n) is 9.97. The minimum absolute atomic E-state index is 0.176. The van der Waals surface area contributed by atoms with E-state index in [-0.39, 0.29) is 10.6 Å². The number of thioether (sulfide) groups is 1. The van der Waals surface area contributed by atoms with Crippen molar-refractivity contribution >= 4 is 23.1 Å². The van der Waals surface area contributed by atoms with Gasteiger partial charge in [-0.15, -0.1) is 0 Å². The van der Waals surface area contributed by atoms with Crippen LogP contribution in [0.2, 0.25) is 0 Å². The number of anilines is 1. The maximum atomic E-state index is 11.0. The van der Waals surface area contributed by atoms with Gasteiger partial charge >= 0.3 is 0 Å². The minimum Gasteiger partial charge on any atom is -0.376 e. The second kappa shape index (κ2) is 4.96. The number of nitrogens with one attached hydrogen (secondary N) is 1. The summed E-state index contributed by atoms with van der Waals surface area (Å²) in [4.78, 5) is 10.7. The van der Waals surface area contributed by atoms with E-state index < -0.39 is 0 Å². The van der Waals surface area contributed by atoms with E-state index in [0.717, 1.165) is 17.7 Å². The van der Waals surface area contributed by atoms with Gasteiger partial charge in [0.15, 0.2) is 0 Å². The summed E-state index contributed by atoms with van der Waals surface area (Å²) in [5.74, 6) is 1.02. The Morgan fingerprint density at radius 1 is 1.53 bits per heavy atom. The van der Waals surface area contributed by atoms with Crippen LogP contribution in [0.4, 0.5) is 11.4 Å². The number of hydrogen-bond donors (Lipinski definition) is 1. The molecule has 1 aliphatic heterocycles. The van der Waals surface area contributed by atoms with Gasteiger partial charge in [-0.3, -0.25) is 10.1 Å². The quantitative estimate of drug-likeness (QED) is 0.663. The fourth-order valence-corrected chi connectivity index (χ4v) is 3.20. The second-order valence-corrected chi connectivity index (χ2v) is 5.97. The number of nitro groups is 1. The largest absolute Gasteiger partial charge is 0.376 e. The van der Waals surface area contributed by atoms with Crippen molar-refractivity contribution in [3.05, 3.63) is 33.9 Å². The Morgan fingerprint density at radius 2 is 2.29 bits per heavy atom. The van der Waals surface area contributed by atoms with Crippen LogP contribution in [0.5, 0.6) is 0 Å². The lowest BCUT2D eigenvalue weighted by Crippen LogP contribution is -2.19. The number of benzene rings is 1. The molecule has 4 nitrogen and oxygen atoms in total. The molecule has 1 saturated heterocycles. The van der Waals surface area contributed by atoms with Gasteiger partial charge in [0.05, 0.1) is 4.92 Å². The molecule has 0 radical (unpaired) electrons. The number of hydrogen-bond acceptors (Lipinski definition) is 4. The summed E-state index contributed by atoms with van der Waals surface area (Å²) >= 11 is 1.91. The molecule has 0 aliphatic carbocycles. The van der Waals surface area contributed by atoms with E-state index in [9.17, 15) is 10.1 Å². The van der Waals surface area contributed by atoms with Crippen molar-refractivity contribution in [2.45, 2.75) is 31.6 Å². The highest BCUT2D eigenvalue weighted by molar-refractivity contribution is 8.00. The third-order valence-corrected chi connectivity index (χ3v) is 4.26. The summed E-state index contributed by atoms with van der Waals surface area (Å²) in [6.07, 6.45) is 1.07. The molecule has 2 atom stereocenters. The first kappa shape index (κ1) is 12.2. The zero-order valence-corrected chi connectivity index (χ0v) is 10.8. The first-order valence-corrected chi connectivity index (χ1v) is 6.74. The fraction of sp³-hybridized carbons (Fsp3) is 0.500. The predicted molar refractivity (Wildman–Crippen MR) is 71.8 cm³/mol. The number of nitro benzene ring substituents is 1. The highest BCUT2D eigenvalue weighted by atomic mass is 32.2. The van der Waals surface area contributed by atoms with Crippen molar-refractivity contribution in [3.63, 3.8) is 0 Å². The maximum Gasteiger partial charge on any atom is 0.292 e. The molecule has 5 heteroatoms. The van der Waals surface area contributed by atoms with Crippen LogP contribution in [0.1, 0.15) is 18.9 Å².